The average molecular weight is 248 g/mol. The number of hydrogen-bond donors (Lipinski definition) is 1. The maximum absolute atomic E-state index is 13.3. The average Bonchev–Trinajstić information content (AvgIpc) is 2.86. The van der Waals surface area contributed by atoms with Gasteiger partial charge in [-0.25, -0.2) is 4.39 Å². The Morgan fingerprint density at radius 3 is 2.72 bits per heavy atom. The Morgan fingerprint density at radius 1 is 1.33 bits per heavy atom. The lowest BCUT2D eigenvalue weighted by molar-refractivity contribution is 0.0664. The minimum atomic E-state index is -1.20. The molecule has 0 aliphatic carbocycles. The third-order valence-electron chi connectivity index (χ3n) is 3.25. The van der Waals surface area contributed by atoms with Gasteiger partial charge in [0.15, 0.2) is 0 Å². The lowest BCUT2D eigenvalue weighted by atomic mass is 9.87. The van der Waals surface area contributed by atoms with Gasteiger partial charge in [-0.1, -0.05) is 19.1 Å². The summed E-state index contributed by atoms with van der Waals surface area (Å²) in [6.07, 6.45) is 2.11. The zero-order valence-corrected chi connectivity index (χ0v) is 10.6. The monoisotopic (exact) mass is 248 g/mol. The second-order valence-corrected chi connectivity index (χ2v) is 4.26. The Bertz CT molecular complexity index is 538. The van der Waals surface area contributed by atoms with Crippen LogP contribution in [0, 0.1) is 5.82 Å². The summed E-state index contributed by atoms with van der Waals surface area (Å²) in [7, 11) is 0. The molecule has 1 unspecified atom stereocenters. The fraction of sp³-hybridized carbons (Fsp3) is 0.357. The molecule has 4 heteroatoms. The fourth-order valence-electron chi connectivity index (χ4n) is 2.21. The van der Waals surface area contributed by atoms with Gasteiger partial charge in [0, 0.05) is 12.7 Å². The van der Waals surface area contributed by atoms with Crippen LogP contribution >= 0.6 is 0 Å². The lowest BCUT2D eigenvalue weighted by Gasteiger charge is -2.28. The third kappa shape index (κ3) is 2.04. The zero-order chi connectivity index (χ0) is 13.2. The van der Waals surface area contributed by atoms with Crippen LogP contribution in [0.15, 0.2) is 36.5 Å². The molecule has 18 heavy (non-hydrogen) atoms. The van der Waals surface area contributed by atoms with Crippen molar-refractivity contribution < 1.29 is 9.50 Å². The van der Waals surface area contributed by atoms with Crippen molar-refractivity contribution in [1.29, 1.82) is 0 Å². The van der Waals surface area contributed by atoms with Gasteiger partial charge in [0.1, 0.15) is 11.4 Å². The maximum atomic E-state index is 13.3. The molecule has 0 fully saturated rings. The van der Waals surface area contributed by atoms with Gasteiger partial charge < -0.3 is 5.11 Å². The van der Waals surface area contributed by atoms with Crippen LogP contribution in [0.2, 0.25) is 0 Å². The van der Waals surface area contributed by atoms with E-state index in [9.17, 15) is 9.50 Å². The quantitative estimate of drug-likeness (QED) is 0.903. The van der Waals surface area contributed by atoms with E-state index in [-0.39, 0.29) is 5.82 Å². The molecule has 3 nitrogen and oxygen atoms in total. The zero-order valence-electron chi connectivity index (χ0n) is 10.6. The normalized spacial score (nSPS) is 14.4. The highest BCUT2D eigenvalue weighted by molar-refractivity contribution is 5.32. The summed E-state index contributed by atoms with van der Waals surface area (Å²) < 4.78 is 15.1. The minimum absolute atomic E-state index is 0.345. The Balaban J connectivity index is 2.55. The highest BCUT2D eigenvalue weighted by atomic mass is 19.1. The number of aryl methyl sites for hydroxylation is 1. The van der Waals surface area contributed by atoms with Crippen molar-refractivity contribution in [3.8, 4) is 0 Å². The van der Waals surface area contributed by atoms with E-state index in [0.717, 1.165) is 0 Å². The first-order valence-electron chi connectivity index (χ1n) is 6.12. The molecular weight excluding hydrogens is 231 g/mol. The molecule has 96 valence electrons. The Morgan fingerprint density at radius 2 is 2.11 bits per heavy atom. The van der Waals surface area contributed by atoms with Crippen molar-refractivity contribution in [2.75, 3.05) is 0 Å². The number of nitrogens with zero attached hydrogens (tertiary/aromatic N) is 2. The van der Waals surface area contributed by atoms with Crippen molar-refractivity contribution >= 4 is 0 Å². The summed E-state index contributed by atoms with van der Waals surface area (Å²) in [5.74, 6) is -0.345. The van der Waals surface area contributed by atoms with E-state index in [4.69, 9.17) is 0 Å². The molecule has 0 aliphatic heterocycles. The number of hydrogen-bond acceptors (Lipinski definition) is 2. The first-order valence-corrected chi connectivity index (χ1v) is 6.12. The highest BCUT2D eigenvalue weighted by Gasteiger charge is 2.32. The van der Waals surface area contributed by atoms with Crippen molar-refractivity contribution in [3.63, 3.8) is 0 Å². The number of aliphatic hydroxyl groups is 1. The van der Waals surface area contributed by atoms with Crippen molar-refractivity contribution in [3.05, 3.63) is 53.6 Å². The van der Waals surface area contributed by atoms with E-state index in [1.165, 1.54) is 12.1 Å². The van der Waals surface area contributed by atoms with Gasteiger partial charge in [-0.3, -0.25) is 4.68 Å². The first kappa shape index (κ1) is 12.8. The van der Waals surface area contributed by atoms with Crippen LogP contribution in [0.4, 0.5) is 4.39 Å². The number of rotatable bonds is 4. The minimum Gasteiger partial charge on any atom is -0.379 e. The Labute approximate surface area is 106 Å². The predicted octanol–water partition coefficient (Wildman–Crippen LogP) is 2.69. The van der Waals surface area contributed by atoms with Crippen molar-refractivity contribution in [1.82, 2.24) is 9.78 Å². The second-order valence-electron chi connectivity index (χ2n) is 4.26. The van der Waals surface area contributed by atoms with Gasteiger partial charge in [-0.2, -0.15) is 5.10 Å². The van der Waals surface area contributed by atoms with Gasteiger partial charge >= 0.3 is 0 Å². The highest BCUT2D eigenvalue weighted by Crippen LogP contribution is 2.32. The van der Waals surface area contributed by atoms with Crippen LogP contribution < -0.4 is 0 Å². The van der Waals surface area contributed by atoms with Gasteiger partial charge in [-0.15, -0.1) is 0 Å². The van der Waals surface area contributed by atoms with Gasteiger partial charge in [0.2, 0.25) is 0 Å². The van der Waals surface area contributed by atoms with E-state index in [1.54, 1.807) is 29.1 Å². The van der Waals surface area contributed by atoms with Crippen molar-refractivity contribution in [2.45, 2.75) is 32.4 Å². The third-order valence-corrected chi connectivity index (χ3v) is 3.25. The topological polar surface area (TPSA) is 38.0 Å². The first-order chi connectivity index (χ1) is 8.61. The SMILES string of the molecule is CCn1nccc1C(O)(CC)c1cccc(F)c1. The molecule has 1 heterocycles. The molecule has 0 saturated carbocycles. The summed E-state index contributed by atoms with van der Waals surface area (Å²) in [6, 6.07) is 7.86. The molecule has 1 atom stereocenters. The standard InChI is InChI=1S/C14H17FN2O/c1-3-14(18,11-6-5-7-12(15)10-11)13-8-9-16-17(13)4-2/h5-10,18H,3-4H2,1-2H3. The molecular formula is C14H17FN2O. The summed E-state index contributed by atoms with van der Waals surface area (Å²) in [6.45, 7) is 4.50. The molecule has 0 radical (unpaired) electrons. The van der Waals surface area contributed by atoms with Crippen LogP contribution in [0.3, 0.4) is 0 Å². The number of benzene rings is 1. The van der Waals surface area contributed by atoms with Gasteiger partial charge in [0.25, 0.3) is 0 Å². The summed E-state index contributed by atoms with van der Waals surface area (Å²) in [5, 5.41) is 15.0. The summed E-state index contributed by atoms with van der Waals surface area (Å²) >= 11 is 0. The Kier molecular flexibility index (Phi) is 3.48. The van der Waals surface area contributed by atoms with E-state index in [0.29, 0.717) is 24.2 Å². The predicted molar refractivity (Wildman–Crippen MR) is 67.6 cm³/mol. The van der Waals surface area contributed by atoms with E-state index < -0.39 is 5.60 Å². The van der Waals surface area contributed by atoms with Crippen LogP contribution in [-0.4, -0.2) is 14.9 Å². The summed E-state index contributed by atoms with van der Waals surface area (Å²) in [5.41, 5.74) is 0.0486. The second kappa shape index (κ2) is 4.90. The van der Waals surface area contributed by atoms with Crippen LogP contribution in [0.25, 0.3) is 0 Å². The maximum Gasteiger partial charge on any atom is 0.131 e. The molecule has 0 amide bonds. The molecule has 2 rings (SSSR count). The molecule has 0 bridgehead atoms. The molecule has 1 aromatic carbocycles. The molecule has 2 aromatic rings. The van der Waals surface area contributed by atoms with Gasteiger partial charge in [-0.05, 0) is 37.1 Å². The van der Waals surface area contributed by atoms with E-state index in [2.05, 4.69) is 5.10 Å². The van der Waals surface area contributed by atoms with Crippen LogP contribution in [-0.2, 0) is 12.1 Å². The number of halogens is 1. The number of aromatic nitrogens is 2. The summed E-state index contributed by atoms with van der Waals surface area (Å²) in [4.78, 5) is 0. The lowest BCUT2D eigenvalue weighted by Crippen LogP contribution is -2.29. The van der Waals surface area contributed by atoms with Crippen LogP contribution in [0.5, 0.6) is 0 Å². The van der Waals surface area contributed by atoms with Gasteiger partial charge in [0.05, 0.1) is 5.69 Å². The molecule has 1 aromatic heterocycles. The molecule has 0 saturated heterocycles. The smallest absolute Gasteiger partial charge is 0.131 e. The Hall–Kier alpha value is -1.68. The van der Waals surface area contributed by atoms with Crippen molar-refractivity contribution in [2.24, 2.45) is 0 Å². The molecule has 0 spiro atoms. The van der Waals surface area contributed by atoms with E-state index >= 15 is 0 Å². The molecule has 1 N–H and O–H groups in total. The van der Waals surface area contributed by atoms with Crippen LogP contribution in [0.1, 0.15) is 31.5 Å². The molecule has 0 aliphatic rings. The largest absolute Gasteiger partial charge is 0.379 e. The van der Waals surface area contributed by atoms with E-state index in [1.807, 2.05) is 13.8 Å². The fourth-order valence-corrected chi connectivity index (χ4v) is 2.21.